The molecule has 0 spiro atoms. The van der Waals surface area contributed by atoms with E-state index in [4.69, 9.17) is 40.5 Å². The highest BCUT2D eigenvalue weighted by molar-refractivity contribution is 6.46. The zero-order chi connectivity index (χ0) is 19.4. The number of nitrogens with zero attached hydrogens (tertiary/aromatic N) is 2. The molecule has 0 radical (unpaired) electrons. The van der Waals surface area contributed by atoms with Gasteiger partial charge in [-0.15, -0.1) is 0 Å². The number of nitrogen functional groups attached to an aromatic ring is 1. The summed E-state index contributed by atoms with van der Waals surface area (Å²) in [6, 6.07) is 6.98. The molecule has 0 saturated carbocycles. The summed E-state index contributed by atoms with van der Waals surface area (Å²) in [5, 5.41) is 6.39. The molecule has 0 fully saturated rings. The van der Waals surface area contributed by atoms with Gasteiger partial charge in [-0.25, -0.2) is 10.4 Å². The number of rotatable bonds is 4. The summed E-state index contributed by atoms with van der Waals surface area (Å²) in [6.07, 6.45) is 0. The first-order valence-electron chi connectivity index (χ1n) is 7.23. The van der Waals surface area contributed by atoms with Gasteiger partial charge in [-0.1, -0.05) is 46.9 Å². The molecule has 1 aromatic heterocycles. The molecule has 4 N–H and O–H groups in total. The van der Waals surface area contributed by atoms with Crippen LogP contribution in [0.1, 0.15) is 29.9 Å². The van der Waals surface area contributed by atoms with Gasteiger partial charge in [0, 0.05) is 12.6 Å². The normalized spacial score (nSPS) is 11.2. The van der Waals surface area contributed by atoms with Crippen molar-refractivity contribution in [2.24, 2.45) is 5.10 Å². The van der Waals surface area contributed by atoms with Crippen LogP contribution in [0.15, 0.2) is 29.4 Å². The Morgan fingerprint density at radius 3 is 2.50 bits per heavy atom. The van der Waals surface area contributed by atoms with E-state index >= 15 is 0 Å². The summed E-state index contributed by atoms with van der Waals surface area (Å²) in [4.78, 5) is 27.2. The van der Waals surface area contributed by atoms with Gasteiger partial charge < -0.3 is 11.1 Å². The first-order chi connectivity index (χ1) is 12.2. The van der Waals surface area contributed by atoms with E-state index in [1.807, 2.05) is 0 Å². The fraction of sp³-hybridized carbons (Fsp3) is 0.125. The Hall–Kier alpha value is -2.35. The van der Waals surface area contributed by atoms with Crippen molar-refractivity contribution in [3.05, 3.63) is 50.7 Å². The molecule has 0 unspecified atom stereocenters. The molecular weight excluding hydrogens is 401 g/mol. The number of halogens is 3. The molecule has 0 aliphatic carbocycles. The van der Waals surface area contributed by atoms with E-state index < -0.39 is 5.91 Å². The number of pyridine rings is 1. The molecule has 136 valence electrons. The van der Waals surface area contributed by atoms with Crippen LogP contribution in [0.2, 0.25) is 15.2 Å². The number of amides is 2. The van der Waals surface area contributed by atoms with Crippen LogP contribution in [0.4, 0.5) is 11.4 Å². The molecule has 2 aromatic rings. The highest BCUT2D eigenvalue weighted by Gasteiger charge is 2.19. The molecule has 26 heavy (non-hydrogen) atoms. The van der Waals surface area contributed by atoms with Gasteiger partial charge in [0.15, 0.2) is 10.8 Å². The molecule has 1 aromatic carbocycles. The Bertz CT molecular complexity index is 915. The summed E-state index contributed by atoms with van der Waals surface area (Å²) in [6.45, 7) is 3.10. The summed E-state index contributed by atoms with van der Waals surface area (Å²) in [7, 11) is 0. The minimum absolute atomic E-state index is 0.0253. The Labute approximate surface area is 164 Å². The number of carbonyl (C=O) groups is 2. The zero-order valence-electron chi connectivity index (χ0n) is 13.7. The van der Waals surface area contributed by atoms with E-state index in [2.05, 4.69) is 20.8 Å². The third kappa shape index (κ3) is 4.63. The molecule has 0 aliphatic heterocycles. The van der Waals surface area contributed by atoms with E-state index in [-0.39, 0.29) is 32.5 Å². The lowest BCUT2D eigenvalue weighted by atomic mass is 10.1. The van der Waals surface area contributed by atoms with Gasteiger partial charge in [-0.3, -0.25) is 9.59 Å². The number of nitrogens with two attached hydrogens (primary N) is 1. The maximum atomic E-state index is 12.3. The van der Waals surface area contributed by atoms with Crippen LogP contribution in [0.25, 0.3) is 0 Å². The number of hydrazone groups is 1. The van der Waals surface area contributed by atoms with Crippen molar-refractivity contribution in [1.29, 1.82) is 0 Å². The summed E-state index contributed by atoms with van der Waals surface area (Å²) in [5.41, 5.74) is 9.59. The van der Waals surface area contributed by atoms with Crippen molar-refractivity contribution in [3.63, 3.8) is 0 Å². The second-order valence-electron chi connectivity index (χ2n) is 5.19. The lowest BCUT2D eigenvalue weighted by Crippen LogP contribution is -2.21. The van der Waals surface area contributed by atoms with Crippen molar-refractivity contribution in [3.8, 4) is 0 Å². The second kappa shape index (κ2) is 8.35. The highest BCUT2D eigenvalue weighted by Crippen LogP contribution is 2.34. The number of carbonyl (C=O) groups excluding carboxylic acids is 2. The lowest BCUT2D eigenvalue weighted by molar-refractivity contribution is -0.114. The van der Waals surface area contributed by atoms with Crippen LogP contribution >= 0.6 is 34.8 Å². The average molecular weight is 415 g/mol. The molecular formula is C16H14Cl3N5O2. The Balaban J connectivity index is 2.22. The molecule has 0 aliphatic rings. The van der Waals surface area contributed by atoms with Crippen LogP contribution in [-0.2, 0) is 4.79 Å². The maximum Gasteiger partial charge on any atom is 0.291 e. The predicted octanol–water partition coefficient (Wildman–Crippen LogP) is 3.74. The summed E-state index contributed by atoms with van der Waals surface area (Å²) >= 11 is 17.6. The quantitative estimate of drug-likeness (QED) is 0.402. The Kier molecular flexibility index (Phi) is 6.42. The Morgan fingerprint density at radius 1 is 1.15 bits per heavy atom. The van der Waals surface area contributed by atoms with Crippen molar-refractivity contribution in [2.75, 3.05) is 11.1 Å². The molecule has 0 bridgehead atoms. The van der Waals surface area contributed by atoms with Crippen molar-refractivity contribution in [1.82, 2.24) is 10.4 Å². The van der Waals surface area contributed by atoms with Gasteiger partial charge in [0.2, 0.25) is 5.91 Å². The zero-order valence-corrected chi connectivity index (χ0v) is 16.0. The Morgan fingerprint density at radius 2 is 1.85 bits per heavy atom. The number of hydrogen-bond acceptors (Lipinski definition) is 5. The first-order valence-corrected chi connectivity index (χ1v) is 8.36. The van der Waals surface area contributed by atoms with Gasteiger partial charge in [-0.05, 0) is 24.6 Å². The van der Waals surface area contributed by atoms with Crippen LogP contribution in [-0.4, -0.2) is 22.5 Å². The monoisotopic (exact) mass is 413 g/mol. The lowest BCUT2D eigenvalue weighted by Gasteiger charge is -2.09. The number of nitrogens with one attached hydrogen (secondary N) is 2. The van der Waals surface area contributed by atoms with Gasteiger partial charge in [-0.2, -0.15) is 5.10 Å². The molecule has 10 heteroatoms. The van der Waals surface area contributed by atoms with E-state index in [1.54, 1.807) is 31.2 Å². The molecule has 0 atom stereocenters. The van der Waals surface area contributed by atoms with Gasteiger partial charge >= 0.3 is 0 Å². The number of aromatic nitrogens is 1. The van der Waals surface area contributed by atoms with Crippen LogP contribution < -0.4 is 16.5 Å². The average Bonchev–Trinajstić information content (AvgIpc) is 2.60. The maximum absolute atomic E-state index is 12.3. The third-order valence-electron chi connectivity index (χ3n) is 3.21. The summed E-state index contributed by atoms with van der Waals surface area (Å²) < 4.78 is 0. The second-order valence-corrected chi connectivity index (χ2v) is 6.31. The molecule has 1 heterocycles. The number of anilines is 2. The molecule has 7 nitrogen and oxygen atoms in total. The highest BCUT2D eigenvalue weighted by atomic mass is 35.5. The van der Waals surface area contributed by atoms with E-state index in [0.717, 1.165) is 0 Å². The summed E-state index contributed by atoms with van der Waals surface area (Å²) in [5.74, 6) is -0.888. The van der Waals surface area contributed by atoms with Gasteiger partial charge in [0.1, 0.15) is 5.02 Å². The van der Waals surface area contributed by atoms with Crippen molar-refractivity contribution < 1.29 is 9.59 Å². The standard InChI is InChI=1S/C16H14Cl3N5O2/c1-7(9-4-3-5-10(6-9)21-8(2)25)23-24-16(26)14-11(17)13(20)12(18)15(19)22-14/h3-6H,1-2H3,(H2,20,22)(H,21,25)(H,24,26)/b23-7+. The van der Waals surface area contributed by atoms with Crippen LogP contribution in [0.3, 0.4) is 0 Å². The number of hydrogen-bond donors (Lipinski definition) is 3. The topological polar surface area (TPSA) is 109 Å². The number of benzene rings is 1. The predicted molar refractivity (Wildman–Crippen MR) is 104 cm³/mol. The SMILES string of the molecule is CC(=O)Nc1cccc(/C(C)=N/NC(=O)c2nc(Cl)c(Cl)c(N)c2Cl)c1. The fourth-order valence-electron chi connectivity index (χ4n) is 1.96. The molecule has 2 rings (SSSR count). The smallest absolute Gasteiger partial charge is 0.291 e. The minimum Gasteiger partial charge on any atom is -0.396 e. The third-order valence-corrected chi connectivity index (χ3v) is 4.35. The first kappa shape index (κ1) is 20.0. The van der Waals surface area contributed by atoms with E-state index in [0.29, 0.717) is 17.0 Å². The largest absolute Gasteiger partial charge is 0.396 e. The van der Waals surface area contributed by atoms with E-state index in [1.165, 1.54) is 6.92 Å². The van der Waals surface area contributed by atoms with Crippen LogP contribution in [0.5, 0.6) is 0 Å². The molecule has 2 amide bonds. The fourth-order valence-corrected chi connectivity index (χ4v) is 2.55. The van der Waals surface area contributed by atoms with Crippen LogP contribution in [0, 0.1) is 0 Å². The molecule has 0 saturated heterocycles. The van der Waals surface area contributed by atoms with Crippen molar-refractivity contribution >= 4 is 63.7 Å². The van der Waals surface area contributed by atoms with Crippen molar-refractivity contribution in [2.45, 2.75) is 13.8 Å². The van der Waals surface area contributed by atoms with Gasteiger partial charge in [0.25, 0.3) is 5.91 Å². The minimum atomic E-state index is -0.697. The van der Waals surface area contributed by atoms with E-state index in [9.17, 15) is 9.59 Å². The van der Waals surface area contributed by atoms with Gasteiger partial charge in [0.05, 0.1) is 16.4 Å².